The first-order valence-corrected chi connectivity index (χ1v) is 10.0. The molecule has 3 aromatic carbocycles. The topological polar surface area (TPSA) is 73.6 Å². The van der Waals surface area contributed by atoms with Crippen LogP contribution < -0.4 is 14.8 Å². The zero-order valence-electron chi connectivity index (χ0n) is 17.8. The Bertz CT molecular complexity index is 1210. The van der Waals surface area contributed by atoms with Gasteiger partial charge in [-0.25, -0.2) is 0 Å². The molecule has 0 aliphatic carbocycles. The van der Waals surface area contributed by atoms with Crippen molar-refractivity contribution in [3.63, 3.8) is 0 Å². The SMILES string of the molecule is COc1ccc2cc(CNC(=O)c3ccccc3OCc3c(C)noc3C)ccc2c1. The third-order valence-electron chi connectivity index (χ3n) is 5.25. The third kappa shape index (κ3) is 4.53. The maximum atomic E-state index is 12.8. The van der Waals surface area contributed by atoms with E-state index in [9.17, 15) is 4.79 Å². The van der Waals surface area contributed by atoms with Gasteiger partial charge in [-0.3, -0.25) is 4.79 Å². The summed E-state index contributed by atoms with van der Waals surface area (Å²) < 4.78 is 16.4. The van der Waals surface area contributed by atoms with E-state index in [0.29, 0.717) is 30.2 Å². The van der Waals surface area contributed by atoms with E-state index >= 15 is 0 Å². The van der Waals surface area contributed by atoms with E-state index in [1.807, 2.05) is 56.3 Å². The molecule has 0 saturated carbocycles. The lowest BCUT2D eigenvalue weighted by Gasteiger charge is -2.12. The molecule has 158 valence electrons. The van der Waals surface area contributed by atoms with Crippen LogP contribution in [0.25, 0.3) is 10.8 Å². The number of para-hydroxylation sites is 1. The molecule has 0 atom stereocenters. The van der Waals surface area contributed by atoms with Gasteiger partial charge in [0.2, 0.25) is 0 Å². The largest absolute Gasteiger partial charge is 0.497 e. The van der Waals surface area contributed by atoms with Crippen molar-refractivity contribution in [1.82, 2.24) is 10.5 Å². The van der Waals surface area contributed by atoms with Crippen LogP contribution in [-0.4, -0.2) is 18.2 Å². The number of hydrogen-bond acceptors (Lipinski definition) is 5. The molecule has 1 heterocycles. The number of amides is 1. The predicted octanol–water partition coefficient (Wildman–Crippen LogP) is 4.96. The minimum Gasteiger partial charge on any atom is -0.497 e. The van der Waals surface area contributed by atoms with Crippen molar-refractivity contribution in [2.24, 2.45) is 0 Å². The molecule has 0 radical (unpaired) electrons. The molecule has 0 spiro atoms. The number of nitrogens with zero attached hydrogens (tertiary/aromatic N) is 1. The second kappa shape index (κ2) is 8.92. The monoisotopic (exact) mass is 416 g/mol. The zero-order valence-corrected chi connectivity index (χ0v) is 17.8. The Labute approximate surface area is 180 Å². The van der Waals surface area contributed by atoms with Crippen molar-refractivity contribution >= 4 is 16.7 Å². The molecule has 0 bridgehead atoms. The fourth-order valence-electron chi connectivity index (χ4n) is 3.43. The third-order valence-corrected chi connectivity index (χ3v) is 5.25. The molecule has 0 saturated heterocycles. The van der Waals surface area contributed by atoms with Crippen LogP contribution in [0.4, 0.5) is 0 Å². The Kier molecular flexibility index (Phi) is 5.89. The molecular weight excluding hydrogens is 392 g/mol. The summed E-state index contributed by atoms with van der Waals surface area (Å²) >= 11 is 0. The van der Waals surface area contributed by atoms with Crippen LogP contribution >= 0.6 is 0 Å². The minimum absolute atomic E-state index is 0.191. The number of nitrogens with one attached hydrogen (secondary N) is 1. The van der Waals surface area contributed by atoms with Gasteiger partial charge in [0.25, 0.3) is 5.91 Å². The van der Waals surface area contributed by atoms with E-state index in [1.165, 1.54) is 0 Å². The second-order valence-electron chi connectivity index (χ2n) is 7.32. The summed E-state index contributed by atoms with van der Waals surface area (Å²) in [7, 11) is 1.65. The summed E-state index contributed by atoms with van der Waals surface area (Å²) in [6.45, 7) is 4.42. The van der Waals surface area contributed by atoms with Gasteiger partial charge < -0.3 is 19.3 Å². The summed E-state index contributed by atoms with van der Waals surface area (Å²) in [5.41, 5.74) is 3.18. The Hall–Kier alpha value is -3.80. The van der Waals surface area contributed by atoms with Crippen LogP contribution in [0.15, 0.2) is 65.2 Å². The number of ether oxygens (including phenoxy) is 2. The van der Waals surface area contributed by atoms with Gasteiger partial charge in [-0.2, -0.15) is 0 Å². The van der Waals surface area contributed by atoms with Crippen LogP contribution in [0.2, 0.25) is 0 Å². The molecular formula is C25H24N2O4. The van der Waals surface area contributed by atoms with Crippen molar-refractivity contribution in [2.45, 2.75) is 27.0 Å². The summed E-state index contributed by atoms with van der Waals surface area (Å²) in [6.07, 6.45) is 0. The number of aryl methyl sites for hydroxylation is 2. The highest BCUT2D eigenvalue weighted by atomic mass is 16.5. The fourth-order valence-corrected chi connectivity index (χ4v) is 3.43. The summed E-state index contributed by atoms with van der Waals surface area (Å²) in [5.74, 6) is 1.87. The molecule has 0 aliphatic heterocycles. The lowest BCUT2D eigenvalue weighted by Crippen LogP contribution is -2.23. The van der Waals surface area contributed by atoms with Gasteiger partial charge >= 0.3 is 0 Å². The quantitative estimate of drug-likeness (QED) is 0.461. The number of hydrogen-bond donors (Lipinski definition) is 1. The number of fused-ring (bicyclic) bond motifs is 1. The Morgan fingerprint density at radius 1 is 1.03 bits per heavy atom. The first-order valence-electron chi connectivity index (χ1n) is 10.0. The van der Waals surface area contributed by atoms with Gasteiger partial charge in [-0.15, -0.1) is 0 Å². The minimum atomic E-state index is -0.191. The lowest BCUT2D eigenvalue weighted by atomic mass is 10.1. The first-order chi connectivity index (χ1) is 15.0. The van der Waals surface area contributed by atoms with Crippen molar-refractivity contribution in [1.29, 1.82) is 0 Å². The Balaban J connectivity index is 1.45. The van der Waals surface area contributed by atoms with Crippen LogP contribution in [-0.2, 0) is 13.2 Å². The lowest BCUT2D eigenvalue weighted by molar-refractivity contribution is 0.0946. The van der Waals surface area contributed by atoms with Crippen LogP contribution in [0, 0.1) is 13.8 Å². The van der Waals surface area contributed by atoms with Crippen molar-refractivity contribution in [2.75, 3.05) is 7.11 Å². The van der Waals surface area contributed by atoms with E-state index in [0.717, 1.165) is 33.3 Å². The van der Waals surface area contributed by atoms with Crippen LogP contribution in [0.5, 0.6) is 11.5 Å². The normalized spacial score (nSPS) is 10.8. The molecule has 1 aromatic heterocycles. The number of benzene rings is 3. The average molecular weight is 416 g/mol. The highest BCUT2D eigenvalue weighted by Crippen LogP contribution is 2.23. The maximum absolute atomic E-state index is 12.8. The highest BCUT2D eigenvalue weighted by Gasteiger charge is 2.15. The molecule has 31 heavy (non-hydrogen) atoms. The number of carbonyl (C=O) groups is 1. The average Bonchev–Trinajstić information content (AvgIpc) is 3.12. The van der Waals surface area contributed by atoms with Crippen molar-refractivity contribution in [3.05, 3.63) is 88.8 Å². The molecule has 1 amide bonds. The molecule has 4 aromatic rings. The predicted molar refractivity (Wildman–Crippen MR) is 118 cm³/mol. The first kappa shape index (κ1) is 20.5. The van der Waals surface area contributed by atoms with E-state index < -0.39 is 0 Å². The molecule has 4 rings (SSSR count). The summed E-state index contributed by atoms with van der Waals surface area (Å²) in [6, 6.07) is 19.2. The number of methoxy groups -OCH3 is 1. The Morgan fingerprint density at radius 2 is 1.81 bits per heavy atom. The molecule has 6 heteroatoms. The van der Waals surface area contributed by atoms with Gasteiger partial charge in [-0.1, -0.05) is 35.5 Å². The van der Waals surface area contributed by atoms with Gasteiger partial charge in [0, 0.05) is 6.54 Å². The fraction of sp³-hybridized carbons (Fsp3) is 0.200. The van der Waals surface area contributed by atoms with Gasteiger partial charge in [-0.05, 0) is 60.5 Å². The van der Waals surface area contributed by atoms with Crippen LogP contribution in [0.3, 0.4) is 0 Å². The van der Waals surface area contributed by atoms with Gasteiger partial charge in [0.1, 0.15) is 23.9 Å². The summed E-state index contributed by atoms with van der Waals surface area (Å²) in [4.78, 5) is 12.8. The van der Waals surface area contributed by atoms with Crippen molar-refractivity contribution in [3.8, 4) is 11.5 Å². The van der Waals surface area contributed by atoms with E-state index in [2.05, 4.69) is 16.5 Å². The zero-order chi connectivity index (χ0) is 21.8. The smallest absolute Gasteiger partial charge is 0.255 e. The second-order valence-corrected chi connectivity index (χ2v) is 7.32. The van der Waals surface area contributed by atoms with E-state index in [1.54, 1.807) is 19.2 Å². The molecule has 0 fully saturated rings. The number of carbonyl (C=O) groups excluding carboxylic acids is 1. The van der Waals surface area contributed by atoms with E-state index in [4.69, 9.17) is 14.0 Å². The van der Waals surface area contributed by atoms with Crippen LogP contribution in [0.1, 0.15) is 32.9 Å². The van der Waals surface area contributed by atoms with Gasteiger partial charge in [0.05, 0.1) is 23.9 Å². The molecule has 0 aliphatic rings. The number of rotatable bonds is 7. The summed E-state index contributed by atoms with van der Waals surface area (Å²) in [5, 5.41) is 9.11. The number of aromatic nitrogens is 1. The van der Waals surface area contributed by atoms with E-state index in [-0.39, 0.29) is 5.91 Å². The standard InChI is InChI=1S/C25H24N2O4/c1-16-23(17(2)31-27-16)15-30-24-7-5-4-6-22(24)25(28)26-14-18-8-9-20-13-21(29-3)11-10-19(20)12-18/h4-13H,14-15H2,1-3H3,(H,26,28). The molecule has 1 N–H and O–H groups in total. The van der Waals surface area contributed by atoms with Gasteiger partial charge in [0.15, 0.2) is 0 Å². The highest BCUT2D eigenvalue weighted by molar-refractivity contribution is 5.97. The molecule has 6 nitrogen and oxygen atoms in total. The molecule has 0 unspecified atom stereocenters. The maximum Gasteiger partial charge on any atom is 0.255 e. The van der Waals surface area contributed by atoms with Crippen molar-refractivity contribution < 1.29 is 18.8 Å². The Morgan fingerprint density at radius 3 is 2.58 bits per heavy atom.